The van der Waals surface area contributed by atoms with Crippen LogP contribution in [0.5, 0.6) is 0 Å². The number of allylic oxidation sites excluding steroid dienone is 3. The van der Waals surface area contributed by atoms with E-state index in [-0.39, 0.29) is 17.9 Å². The minimum absolute atomic E-state index is 0.0241. The first kappa shape index (κ1) is 27.3. The van der Waals surface area contributed by atoms with Crippen molar-refractivity contribution in [3.63, 3.8) is 0 Å². The SMILES string of the molecule is C#CC.C/C=C(CN=c1ccn(CC2=CC(c3ccc(C)c(F)c3)=NOC2)cc1N)\C(F)=C(/C)F. The molecule has 0 radical (unpaired) electrons. The average Bonchev–Trinajstić information content (AvgIpc) is 2.83. The molecule has 1 aliphatic rings. The number of hydrogen-bond acceptors (Lipinski definition) is 4. The molecular formula is C27H29F3N4O. The lowest BCUT2D eigenvalue weighted by Crippen LogP contribution is -2.17. The number of benzene rings is 1. The second-order valence-electron chi connectivity index (χ2n) is 7.74. The van der Waals surface area contributed by atoms with Gasteiger partial charge in [0.05, 0.1) is 17.6 Å². The van der Waals surface area contributed by atoms with E-state index < -0.39 is 11.7 Å². The smallest absolute Gasteiger partial charge is 0.159 e. The van der Waals surface area contributed by atoms with Crippen molar-refractivity contribution in [2.24, 2.45) is 10.1 Å². The molecule has 35 heavy (non-hydrogen) atoms. The zero-order valence-electron chi connectivity index (χ0n) is 20.3. The van der Waals surface area contributed by atoms with Crippen molar-refractivity contribution in [2.75, 3.05) is 18.9 Å². The van der Waals surface area contributed by atoms with Crippen LogP contribution < -0.4 is 11.1 Å². The van der Waals surface area contributed by atoms with E-state index in [0.717, 1.165) is 12.5 Å². The molecule has 1 aromatic carbocycles. The number of rotatable bonds is 6. The summed E-state index contributed by atoms with van der Waals surface area (Å²) in [5, 5.41) is 4.51. The molecule has 0 atom stereocenters. The third kappa shape index (κ3) is 7.78. The summed E-state index contributed by atoms with van der Waals surface area (Å²) in [6, 6.07) is 6.63. The second-order valence-corrected chi connectivity index (χ2v) is 7.74. The second kappa shape index (κ2) is 13.0. The van der Waals surface area contributed by atoms with Crippen molar-refractivity contribution in [3.8, 4) is 12.3 Å². The molecule has 1 aromatic heterocycles. The molecule has 2 N–H and O–H groups in total. The largest absolute Gasteiger partial charge is 0.396 e. The number of hydrogen-bond donors (Lipinski definition) is 1. The highest BCUT2D eigenvalue weighted by Crippen LogP contribution is 2.18. The van der Waals surface area contributed by atoms with E-state index in [9.17, 15) is 13.2 Å². The van der Waals surface area contributed by atoms with Crippen LogP contribution in [0.25, 0.3) is 0 Å². The molecule has 0 unspecified atom stereocenters. The van der Waals surface area contributed by atoms with Crippen molar-refractivity contribution < 1.29 is 18.0 Å². The first-order valence-electron chi connectivity index (χ1n) is 10.9. The van der Waals surface area contributed by atoms with Crippen LogP contribution in [0, 0.1) is 25.1 Å². The summed E-state index contributed by atoms with van der Waals surface area (Å²) in [4.78, 5) is 9.62. The Morgan fingerprint density at radius 2 is 2.06 bits per heavy atom. The van der Waals surface area contributed by atoms with Crippen LogP contribution in [0.3, 0.4) is 0 Å². The Bertz CT molecular complexity index is 1290. The Hall–Kier alpha value is -3.99. The number of aromatic nitrogens is 1. The molecule has 5 nitrogen and oxygen atoms in total. The fraction of sp³-hybridized carbons (Fsp3) is 0.259. The van der Waals surface area contributed by atoms with Crippen LogP contribution in [0.15, 0.2) is 81.8 Å². The van der Waals surface area contributed by atoms with Gasteiger partial charge in [0, 0.05) is 30.1 Å². The Morgan fingerprint density at radius 1 is 1.34 bits per heavy atom. The number of oxime groups is 1. The van der Waals surface area contributed by atoms with Crippen molar-refractivity contribution >= 4 is 11.4 Å². The molecule has 1 aliphatic heterocycles. The summed E-state index contributed by atoms with van der Waals surface area (Å²) >= 11 is 0. The summed E-state index contributed by atoms with van der Waals surface area (Å²) in [5.74, 6) is 0.160. The number of nitrogens with two attached hydrogens (primary N) is 1. The van der Waals surface area contributed by atoms with Gasteiger partial charge in [0.15, 0.2) is 5.83 Å². The van der Waals surface area contributed by atoms with Gasteiger partial charge in [0.1, 0.15) is 24.0 Å². The lowest BCUT2D eigenvalue weighted by atomic mass is 10.0. The molecule has 2 heterocycles. The van der Waals surface area contributed by atoms with Crippen molar-refractivity contribution in [2.45, 2.75) is 34.2 Å². The molecule has 0 bridgehead atoms. The number of pyridine rings is 1. The predicted molar refractivity (Wildman–Crippen MR) is 134 cm³/mol. The molecular weight excluding hydrogens is 453 g/mol. The maximum absolute atomic E-state index is 13.9. The fourth-order valence-electron chi connectivity index (χ4n) is 3.13. The summed E-state index contributed by atoms with van der Waals surface area (Å²) in [6.07, 6.45) is 11.4. The van der Waals surface area contributed by atoms with Gasteiger partial charge in [-0.1, -0.05) is 23.4 Å². The molecule has 184 valence electrons. The number of nitrogen functional groups attached to an aromatic ring is 1. The standard InChI is InChI=1S/C24H25F3N4O.C3H4/c1-4-18(24(27)16(3)25)11-29-22-7-8-31(13-21(22)28)12-17-9-23(30-32-14-17)19-6-5-15(2)20(26)10-19;1-3-2/h4-10,13H,11-12,14,28H2,1-3H3;1H,2H3/b18-4-,24-16-,29-22?;. The number of anilines is 1. The van der Waals surface area contributed by atoms with Gasteiger partial charge < -0.3 is 15.1 Å². The van der Waals surface area contributed by atoms with Gasteiger partial charge in [0.2, 0.25) is 0 Å². The third-order valence-electron chi connectivity index (χ3n) is 4.98. The number of terminal acetylenes is 1. The summed E-state index contributed by atoms with van der Waals surface area (Å²) in [6.45, 7) is 6.80. The van der Waals surface area contributed by atoms with Crippen LogP contribution in [-0.2, 0) is 11.4 Å². The Kier molecular flexibility index (Phi) is 10.2. The molecule has 0 aliphatic carbocycles. The molecule has 8 heteroatoms. The molecule has 0 spiro atoms. The lowest BCUT2D eigenvalue weighted by Gasteiger charge is -2.16. The highest BCUT2D eigenvalue weighted by Gasteiger charge is 2.12. The quantitative estimate of drug-likeness (QED) is 0.434. The van der Waals surface area contributed by atoms with E-state index >= 15 is 0 Å². The van der Waals surface area contributed by atoms with E-state index in [0.29, 0.717) is 41.0 Å². The maximum atomic E-state index is 13.9. The van der Waals surface area contributed by atoms with Crippen LogP contribution in [-0.4, -0.2) is 23.4 Å². The topological polar surface area (TPSA) is 64.9 Å². The van der Waals surface area contributed by atoms with Gasteiger partial charge in [0.25, 0.3) is 0 Å². The van der Waals surface area contributed by atoms with E-state index in [1.54, 1.807) is 51.4 Å². The van der Waals surface area contributed by atoms with Gasteiger partial charge in [-0.3, -0.25) is 4.99 Å². The number of halogens is 3. The molecule has 2 aromatic rings. The Labute approximate surface area is 203 Å². The first-order valence-corrected chi connectivity index (χ1v) is 10.9. The highest BCUT2D eigenvalue weighted by molar-refractivity contribution is 6.09. The van der Waals surface area contributed by atoms with Crippen LogP contribution in [0.4, 0.5) is 18.9 Å². The minimum Gasteiger partial charge on any atom is -0.396 e. The average molecular weight is 483 g/mol. The van der Waals surface area contributed by atoms with Gasteiger partial charge in [-0.05, 0) is 57.0 Å². The summed E-state index contributed by atoms with van der Waals surface area (Å²) in [7, 11) is 0. The van der Waals surface area contributed by atoms with Gasteiger partial charge >= 0.3 is 0 Å². The Morgan fingerprint density at radius 3 is 2.66 bits per heavy atom. The zero-order chi connectivity index (χ0) is 26.0. The van der Waals surface area contributed by atoms with Gasteiger partial charge in [-0.15, -0.1) is 12.3 Å². The highest BCUT2D eigenvalue weighted by atomic mass is 19.2. The number of nitrogens with zero attached hydrogens (tertiary/aromatic N) is 3. The van der Waals surface area contributed by atoms with Crippen LogP contribution >= 0.6 is 0 Å². The monoisotopic (exact) mass is 482 g/mol. The van der Waals surface area contributed by atoms with E-state index in [2.05, 4.69) is 22.5 Å². The fourth-order valence-corrected chi connectivity index (χ4v) is 3.13. The van der Waals surface area contributed by atoms with Crippen molar-refractivity contribution in [1.29, 1.82) is 0 Å². The van der Waals surface area contributed by atoms with E-state index in [1.165, 1.54) is 12.1 Å². The van der Waals surface area contributed by atoms with E-state index in [1.807, 2.05) is 10.6 Å². The number of aryl methyl sites for hydroxylation is 1. The van der Waals surface area contributed by atoms with Crippen molar-refractivity contribution in [3.05, 3.63) is 93.9 Å². The molecule has 0 amide bonds. The van der Waals surface area contributed by atoms with Crippen LogP contribution in [0.1, 0.15) is 31.9 Å². The zero-order valence-corrected chi connectivity index (χ0v) is 20.3. The lowest BCUT2D eigenvalue weighted by molar-refractivity contribution is 0.161. The maximum Gasteiger partial charge on any atom is 0.159 e. The Balaban J connectivity index is 0.00000137. The van der Waals surface area contributed by atoms with Gasteiger partial charge in [-0.2, -0.15) is 0 Å². The minimum atomic E-state index is -0.907. The summed E-state index contributed by atoms with van der Waals surface area (Å²) < 4.78 is 42.7. The normalized spacial score (nSPS) is 14.6. The molecule has 0 saturated carbocycles. The van der Waals surface area contributed by atoms with Crippen molar-refractivity contribution in [1.82, 2.24) is 4.57 Å². The third-order valence-corrected chi connectivity index (χ3v) is 4.98. The molecule has 3 rings (SSSR count). The first-order chi connectivity index (χ1) is 16.7. The van der Waals surface area contributed by atoms with Gasteiger partial charge in [-0.25, -0.2) is 13.2 Å². The van der Waals surface area contributed by atoms with Crippen LogP contribution in [0.2, 0.25) is 0 Å². The molecule has 0 fully saturated rings. The van der Waals surface area contributed by atoms with E-state index in [4.69, 9.17) is 10.6 Å². The summed E-state index contributed by atoms with van der Waals surface area (Å²) in [5.41, 5.74) is 9.33. The predicted octanol–water partition coefficient (Wildman–Crippen LogP) is 5.54. The molecule has 0 saturated heterocycles.